The quantitative estimate of drug-likeness (QED) is 0.670. The Bertz CT molecular complexity index is 867. The van der Waals surface area contributed by atoms with Gasteiger partial charge < -0.3 is 8.98 Å². The van der Waals surface area contributed by atoms with Gasteiger partial charge in [-0.3, -0.25) is 10.00 Å². The average Bonchev–Trinajstić information content (AvgIpc) is 3.27. The molecule has 0 saturated carbocycles. The SMILES string of the molecule is CN(Cc1ccc(Sc2nncn2C)o1)Cc1n[nH]c2c1CCCCC2. The fourth-order valence-corrected chi connectivity index (χ4v) is 4.13. The molecule has 0 aromatic carbocycles. The summed E-state index contributed by atoms with van der Waals surface area (Å²) >= 11 is 1.48. The van der Waals surface area contributed by atoms with Crippen LogP contribution in [0.3, 0.4) is 0 Å². The van der Waals surface area contributed by atoms with E-state index in [1.165, 1.54) is 48.0 Å². The summed E-state index contributed by atoms with van der Waals surface area (Å²) in [4.78, 5) is 2.25. The summed E-state index contributed by atoms with van der Waals surface area (Å²) < 4.78 is 7.82. The molecule has 26 heavy (non-hydrogen) atoms. The second-order valence-electron chi connectivity index (χ2n) is 6.91. The largest absolute Gasteiger partial charge is 0.453 e. The zero-order valence-corrected chi connectivity index (χ0v) is 16.1. The Morgan fingerprint density at radius 2 is 2.12 bits per heavy atom. The molecule has 3 heterocycles. The molecule has 4 rings (SSSR count). The normalized spacial score (nSPS) is 14.6. The second-order valence-corrected chi connectivity index (χ2v) is 7.88. The Hall–Kier alpha value is -2.06. The van der Waals surface area contributed by atoms with Crippen molar-refractivity contribution in [3.8, 4) is 0 Å². The number of aryl methyl sites for hydroxylation is 2. The van der Waals surface area contributed by atoms with Gasteiger partial charge in [-0.15, -0.1) is 10.2 Å². The number of fused-ring (bicyclic) bond motifs is 1. The Labute approximate surface area is 157 Å². The molecule has 0 atom stereocenters. The first-order valence-corrected chi connectivity index (χ1v) is 9.85. The van der Waals surface area contributed by atoms with Gasteiger partial charge in [0, 0.05) is 19.3 Å². The molecule has 0 spiro atoms. The van der Waals surface area contributed by atoms with Crippen LogP contribution < -0.4 is 0 Å². The highest BCUT2D eigenvalue weighted by molar-refractivity contribution is 7.99. The molecule has 0 unspecified atom stereocenters. The summed E-state index contributed by atoms with van der Waals surface area (Å²) in [6.45, 7) is 1.58. The minimum Gasteiger partial charge on any atom is -0.453 e. The molecule has 8 heteroatoms. The van der Waals surface area contributed by atoms with E-state index < -0.39 is 0 Å². The lowest BCUT2D eigenvalue weighted by molar-refractivity contribution is 0.273. The number of aromatic amines is 1. The lowest BCUT2D eigenvalue weighted by Gasteiger charge is -2.14. The van der Waals surface area contributed by atoms with E-state index in [9.17, 15) is 0 Å². The first kappa shape index (κ1) is 17.4. The van der Waals surface area contributed by atoms with Crippen LogP contribution >= 0.6 is 11.8 Å². The average molecular weight is 372 g/mol. The monoisotopic (exact) mass is 372 g/mol. The van der Waals surface area contributed by atoms with E-state index in [1.54, 1.807) is 6.33 Å². The van der Waals surface area contributed by atoms with Crippen molar-refractivity contribution in [1.29, 1.82) is 0 Å². The molecule has 3 aromatic rings. The third-order valence-electron chi connectivity index (χ3n) is 4.74. The van der Waals surface area contributed by atoms with Crippen molar-refractivity contribution < 1.29 is 4.42 Å². The molecule has 7 nitrogen and oxygen atoms in total. The molecule has 3 aromatic heterocycles. The van der Waals surface area contributed by atoms with Crippen LogP contribution in [0.4, 0.5) is 0 Å². The molecular formula is C18H24N6OS. The number of nitrogens with zero attached hydrogens (tertiary/aromatic N) is 5. The number of rotatable bonds is 6. The van der Waals surface area contributed by atoms with Crippen molar-refractivity contribution in [2.75, 3.05) is 7.05 Å². The third kappa shape index (κ3) is 3.86. The first-order chi connectivity index (χ1) is 12.7. The molecule has 0 radical (unpaired) electrons. The van der Waals surface area contributed by atoms with Crippen molar-refractivity contribution in [3.05, 3.63) is 41.2 Å². The van der Waals surface area contributed by atoms with E-state index in [4.69, 9.17) is 4.42 Å². The Morgan fingerprint density at radius 3 is 2.96 bits per heavy atom. The predicted molar refractivity (Wildman–Crippen MR) is 98.9 cm³/mol. The molecule has 0 fully saturated rings. The van der Waals surface area contributed by atoms with Crippen LogP contribution in [-0.2, 0) is 33.0 Å². The van der Waals surface area contributed by atoms with E-state index in [-0.39, 0.29) is 0 Å². The number of furan rings is 1. The number of nitrogens with one attached hydrogen (secondary N) is 1. The number of hydrogen-bond donors (Lipinski definition) is 1. The molecule has 1 N–H and O–H groups in total. The molecule has 0 aliphatic heterocycles. The van der Waals surface area contributed by atoms with Crippen LogP contribution in [-0.4, -0.2) is 36.9 Å². The first-order valence-electron chi connectivity index (χ1n) is 9.03. The summed E-state index contributed by atoms with van der Waals surface area (Å²) in [5.74, 6) is 0.943. The molecule has 1 aliphatic carbocycles. The van der Waals surface area contributed by atoms with Crippen LogP contribution in [0.2, 0.25) is 0 Å². The van der Waals surface area contributed by atoms with E-state index >= 15 is 0 Å². The summed E-state index contributed by atoms with van der Waals surface area (Å²) in [5, 5.41) is 17.4. The van der Waals surface area contributed by atoms with Gasteiger partial charge in [0.15, 0.2) is 10.2 Å². The van der Waals surface area contributed by atoms with Gasteiger partial charge >= 0.3 is 0 Å². The van der Waals surface area contributed by atoms with Crippen LogP contribution in [0.5, 0.6) is 0 Å². The molecule has 0 bridgehead atoms. The minimum atomic E-state index is 0.751. The van der Waals surface area contributed by atoms with E-state index in [0.717, 1.165) is 41.9 Å². The summed E-state index contributed by atoms with van der Waals surface area (Å²) in [6.07, 6.45) is 7.82. The van der Waals surface area contributed by atoms with Crippen molar-refractivity contribution >= 4 is 11.8 Å². The molecular weight excluding hydrogens is 348 g/mol. The molecule has 0 saturated heterocycles. The highest BCUT2D eigenvalue weighted by Crippen LogP contribution is 2.28. The predicted octanol–water partition coefficient (Wildman–Crippen LogP) is 3.18. The molecule has 1 aliphatic rings. The Balaban J connectivity index is 1.37. The molecule has 0 amide bonds. The van der Waals surface area contributed by atoms with Crippen LogP contribution in [0.15, 0.2) is 33.1 Å². The van der Waals surface area contributed by atoms with Crippen molar-refractivity contribution in [3.63, 3.8) is 0 Å². The van der Waals surface area contributed by atoms with Crippen molar-refractivity contribution in [1.82, 2.24) is 29.9 Å². The van der Waals surface area contributed by atoms with Gasteiger partial charge in [-0.1, -0.05) is 6.42 Å². The lowest BCUT2D eigenvalue weighted by atomic mass is 10.1. The summed E-state index contributed by atoms with van der Waals surface area (Å²) in [5.41, 5.74) is 3.96. The zero-order chi connectivity index (χ0) is 17.9. The Morgan fingerprint density at radius 1 is 1.23 bits per heavy atom. The van der Waals surface area contributed by atoms with Gasteiger partial charge in [0.1, 0.15) is 12.1 Å². The van der Waals surface area contributed by atoms with Gasteiger partial charge in [0.05, 0.1) is 12.2 Å². The van der Waals surface area contributed by atoms with E-state index in [1.807, 2.05) is 23.7 Å². The number of aromatic nitrogens is 5. The van der Waals surface area contributed by atoms with E-state index in [2.05, 4.69) is 32.3 Å². The van der Waals surface area contributed by atoms with Gasteiger partial charge in [-0.25, -0.2) is 0 Å². The maximum atomic E-state index is 5.95. The fraction of sp³-hybridized carbons (Fsp3) is 0.500. The number of H-pyrrole nitrogens is 1. The van der Waals surface area contributed by atoms with Gasteiger partial charge in [-0.05, 0) is 62.2 Å². The maximum Gasteiger partial charge on any atom is 0.198 e. The zero-order valence-electron chi connectivity index (χ0n) is 15.2. The third-order valence-corrected chi connectivity index (χ3v) is 5.71. The highest BCUT2D eigenvalue weighted by atomic mass is 32.2. The van der Waals surface area contributed by atoms with Gasteiger partial charge in [0.2, 0.25) is 0 Å². The van der Waals surface area contributed by atoms with Crippen LogP contribution in [0, 0.1) is 0 Å². The topological polar surface area (TPSA) is 75.8 Å². The second kappa shape index (κ2) is 7.67. The van der Waals surface area contributed by atoms with Gasteiger partial charge in [0.25, 0.3) is 0 Å². The standard InChI is InChI=1S/C18H24N6OS/c1-23(11-16-14-6-4-3-5-7-15(14)20-21-16)10-13-8-9-17(25-13)26-18-22-19-12-24(18)2/h8-9,12H,3-7,10-11H2,1-2H3,(H,20,21). The number of hydrogen-bond acceptors (Lipinski definition) is 6. The lowest BCUT2D eigenvalue weighted by Crippen LogP contribution is -2.18. The maximum absolute atomic E-state index is 5.95. The van der Waals surface area contributed by atoms with Gasteiger partial charge in [-0.2, -0.15) is 5.10 Å². The van der Waals surface area contributed by atoms with E-state index in [0.29, 0.717) is 0 Å². The minimum absolute atomic E-state index is 0.751. The smallest absolute Gasteiger partial charge is 0.198 e. The van der Waals surface area contributed by atoms with Crippen molar-refractivity contribution in [2.45, 2.75) is 55.4 Å². The fourth-order valence-electron chi connectivity index (χ4n) is 3.39. The Kier molecular flexibility index (Phi) is 5.12. The highest BCUT2D eigenvalue weighted by Gasteiger charge is 2.17. The van der Waals surface area contributed by atoms with Crippen molar-refractivity contribution in [2.24, 2.45) is 7.05 Å². The van der Waals surface area contributed by atoms with Crippen LogP contribution in [0.1, 0.15) is 42.0 Å². The summed E-state index contributed by atoms with van der Waals surface area (Å²) in [7, 11) is 4.03. The molecule has 138 valence electrons. The van der Waals surface area contributed by atoms with Crippen LogP contribution in [0.25, 0.3) is 0 Å². The summed E-state index contributed by atoms with van der Waals surface area (Å²) in [6, 6.07) is 4.02.